The van der Waals surface area contributed by atoms with E-state index < -0.39 is 37.6 Å². The first-order chi connectivity index (χ1) is 11.8. The summed E-state index contributed by atoms with van der Waals surface area (Å²) in [4.78, 5) is 31.7. The lowest BCUT2D eigenvalue weighted by Gasteiger charge is -1.97. The summed E-state index contributed by atoms with van der Waals surface area (Å²) in [6.07, 6.45) is 4.64. The zero-order valence-corrected chi connectivity index (χ0v) is 13.4. The molecular formula is C13H12N4O7S. The maximum absolute atomic E-state index is 10.4. The van der Waals surface area contributed by atoms with Crippen molar-refractivity contribution >= 4 is 29.7 Å². The van der Waals surface area contributed by atoms with Gasteiger partial charge in [-0.3, -0.25) is 35.3 Å². The monoisotopic (exact) mass is 368 g/mol. The molecule has 0 aliphatic heterocycles. The molecule has 1 aromatic carbocycles. The fraction of sp³-hybridized carbons (Fsp3) is 0.154. The minimum atomic E-state index is -1.21. The van der Waals surface area contributed by atoms with Gasteiger partial charge in [0.15, 0.2) is 0 Å². The van der Waals surface area contributed by atoms with Gasteiger partial charge in [-0.1, -0.05) is 0 Å². The molecule has 2 aromatic rings. The Bertz CT molecular complexity index is 750. The summed E-state index contributed by atoms with van der Waals surface area (Å²) in [6.45, 7) is 0. The van der Waals surface area contributed by atoms with E-state index in [2.05, 4.69) is 17.6 Å². The second-order valence-electron chi connectivity index (χ2n) is 4.43. The van der Waals surface area contributed by atoms with Gasteiger partial charge in [-0.05, 0) is 29.9 Å². The standard InChI is InChI=1S/C7H9NS.C6H3N3O7/c9-6-3-7-1-4-8-5-2-7;10-6-4(8(13)14)1-3(7(11)12)2-5(6)9(15)16/h1-2,4-5,9H,3,6H2;1-2,10H. The predicted octanol–water partition coefficient (Wildman–Crippen LogP) is 2.67. The van der Waals surface area contributed by atoms with Gasteiger partial charge < -0.3 is 5.11 Å². The molecule has 0 bridgehead atoms. The molecule has 0 fully saturated rings. The zero-order valence-electron chi connectivity index (χ0n) is 12.5. The first-order valence-electron chi connectivity index (χ1n) is 6.57. The number of hydrogen-bond donors (Lipinski definition) is 2. The number of aromatic hydroxyl groups is 1. The highest BCUT2D eigenvalue weighted by Crippen LogP contribution is 2.38. The minimum absolute atomic E-state index is 0.447. The molecule has 0 radical (unpaired) electrons. The second-order valence-corrected chi connectivity index (χ2v) is 4.88. The number of nitrogens with zero attached hydrogens (tertiary/aromatic N) is 4. The van der Waals surface area contributed by atoms with E-state index in [1.54, 1.807) is 12.4 Å². The Kier molecular flexibility index (Phi) is 7.21. The van der Waals surface area contributed by atoms with Gasteiger partial charge in [-0.2, -0.15) is 12.6 Å². The highest BCUT2D eigenvalue weighted by atomic mass is 32.1. The van der Waals surface area contributed by atoms with Crippen molar-refractivity contribution in [1.82, 2.24) is 4.98 Å². The largest absolute Gasteiger partial charge is 0.497 e. The molecule has 132 valence electrons. The highest BCUT2D eigenvalue weighted by Gasteiger charge is 2.30. The molecule has 1 heterocycles. The molecule has 0 atom stereocenters. The van der Waals surface area contributed by atoms with E-state index in [0.29, 0.717) is 12.1 Å². The topological polar surface area (TPSA) is 163 Å². The van der Waals surface area contributed by atoms with E-state index in [9.17, 15) is 30.3 Å². The van der Waals surface area contributed by atoms with E-state index in [1.165, 1.54) is 5.56 Å². The molecule has 0 spiro atoms. The zero-order chi connectivity index (χ0) is 19.0. The van der Waals surface area contributed by atoms with Gasteiger partial charge in [0, 0.05) is 12.4 Å². The van der Waals surface area contributed by atoms with Crippen LogP contribution in [0.3, 0.4) is 0 Å². The molecule has 0 saturated heterocycles. The number of nitro groups is 3. The van der Waals surface area contributed by atoms with E-state index >= 15 is 0 Å². The molecule has 1 aromatic heterocycles. The molecule has 0 aliphatic carbocycles. The fourth-order valence-electron chi connectivity index (χ4n) is 1.65. The van der Waals surface area contributed by atoms with Crippen LogP contribution in [0.25, 0.3) is 0 Å². The van der Waals surface area contributed by atoms with Crippen LogP contribution in [-0.2, 0) is 6.42 Å². The Hall–Kier alpha value is -3.28. The van der Waals surface area contributed by atoms with Crippen molar-refractivity contribution in [1.29, 1.82) is 0 Å². The Labute approximate surface area is 145 Å². The van der Waals surface area contributed by atoms with E-state index in [0.717, 1.165) is 12.2 Å². The lowest BCUT2D eigenvalue weighted by Crippen LogP contribution is -1.97. The van der Waals surface area contributed by atoms with Crippen molar-refractivity contribution in [2.75, 3.05) is 5.75 Å². The van der Waals surface area contributed by atoms with E-state index in [1.807, 2.05) is 12.1 Å². The number of nitro benzene ring substituents is 3. The third-order valence-electron chi connectivity index (χ3n) is 2.81. The maximum Gasteiger partial charge on any atom is 0.324 e. The summed E-state index contributed by atoms with van der Waals surface area (Å²) in [5.74, 6) is -0.301. The normalized spacial score (nSPS) is 9.64. The van der Waals surface area contributed by atoms with Gasteiger partial charge >= 0.3 is 11.4 Å². The van der Waals surface area contributed by atoms with E-state index in [4.69, 9.17) is 5.11 Å². The third-order valence-corrected chi connectivity index (χ3v) is 3.03. The lowest BCUT2D eigenvalue weighted by atomic mass is 10.2. The number of pyridine rings is 1. The van der Waals surface area contributed by atoms with Crippen molar-refractivity contribution < 1.29 is 19.9 Å². The summed E-state index contributed by atoms with van der Waals surface area (Å²) < 4.78 is 0. The van der Waals surface area contributed by atoms with Crippen LogP contribution in [0.4, 0.5) is 17.1 Å². The molecular weight excluding hydrogens is 356 g/mol. The number of thiol groups is 1. The molecule has 12 heteroatoms. The predicted molar refractivity (Wildman–Crippen MR) is 89.9 cm³/mol. The van der Waals surface area contributed by atoms with Crippen molar-refractivity contribution in [2.24, 2.45) is 0 Å². The van der Waals surface area contributed by atoms with Crippen LogP contribution >= 0.6 is 12.6 Å². The summed E-state index contributed by atoms with van der Waals surface area (Å²) in [7, 11) is 0. The number of phenols is 1. The number of aromatic nitrogens is 1. The van der Waals surface area contributed by atoms with Gasteiger partial charge in [-0.25, -0.2) is 0 Å². The summed E-state index contributed by atoms with van der Waals surface area (Å²) in [5.41, 5.74) is -1.70. The van der Waals surface area contributed by atoms with Crippen LogP contribution in [-0.4, -0.2) is 30.6 Å². The summed E-state index contributed by atoms with van der Waals surface area (Å²) in [5, 5.41) is 40.2. The quantitative estimate of drug-likeness (QED) is 0.462. The second kappa shape index (κ2) is 9.12. The van der Waals surface area contributed by atoms with Crippen molar-refractivity contribution in [3.8, 4) is 5.75 Å². The molecule has 0 amide bonds. The Morgan fingerprint density at radius 1 is 0.960 bits per heavy atom. The van der Waals surface area contributed by atoms with Crippen molar-refractivity contribution in [3.63, 3.8) is 0 Å². The Morgan fingerprint density at radius 2 is 1.44 bits per heavy atom. The Balaban J connectivity index is 0.000000293. The number of non-ortho nitro benzene ring substituents is 1. The first kappa shape index (κ1) is 19.8. The SMILES string of the molecule is O=[N+]([O-])c1cc([N+](=O)[O-])c(O)c([N+](=O)[O-])c1.SCCc1ccncc1. The average molecular weight is 368 g/mol. The maximum atomic E-state index is 10.4. The number of phenolic OH excluding ortho intramolecular Hbond substituents is 1. The van der Waals surface area contributed by atoms with Crippen LogP contribution < -0.4 is 0 Å². The van der Waals surface area contributed by atoms with Gasteiger partial charge in [0.2, 0.25) is 0 Å². The van der Waals surface area contributed by atoms with Crippen molar-refractivity contribution in [3.05, 3.63) is 72.6 Å². The van der Waals surface area contributed by atoms with Crippen LogP contribution in [0.15, 0.2) is 36.7 Å². The van der Waals surface area contributed by atoms with Crippen LogP contribution in [0.2, 0.25) is 0 Å². The minimum Gasteiger partial charge on any atom is -0.497 e. The molecule has 0 unspecified atom stereocenters. The summed E-state index contributed by atoms with van der Waals surface area (Å²) in [6, 6.07) is 4.91. The van der Waals surface area contributed by atoms with Crippen molar-refractivity contribution in [2.45, 2.75) is 6.42 Å². The lowest BCUT2D eigenvalue weighted by molar-refractivity contribution is -0.404. The number of benzene rings is 1. The van der Waals surface area contributed by atoms with Gasteiger partial charge in [0.1, 0.15) is 0 Å². The third kappa shape index (κ3) is 5.69. The average Bonchev–Trinajstić information content (AvgIpc) is 2.56. The van der Waals surface area contributed by atoms with Gasteiger partial charge in [0.25, 0.3) is 11.4 Å². The number of rotatable bonds is 5. The number of aryl methyl sites for hydroxylation is 1. The molecule has 0 saturated carbocycles. The highest BCUT2D eigenvalue weighted by molar-refractivity contribution is 7.80. The van der Waals surface area contributed by atoms with Crippen LogP contribution in [0.5, 0.6) is 5.75 Å². The smallest absolute Gasteiger partial charge is 0.324 e. The van der Waals surface area contributed by atoms with E-state index in [-0.39, 0.29) is 0 Å². The summed E-state index contributed by atoms with van der Waals surface area (Å²) >= 11 is 4.11. The van der Waals surface area contributed by atoms with Gasteiger partial charge in [0.05, 0.1) is 26.9 Å². The van der Waals surface area contributed by atoms with Crippen LogP contribution in [0.1, 0.15) is 5.56 Å². The fourth-order valence-corrected chi connectivity index (χ4v) is 1.91. The first-order valence-corrected chi connectivity index (χ1v) is 7.21. The molecule has 2 rings (SSSR count). The van der Waals surface area contributed by atoms with Gasteiger partial charge in [-0.15, -0.1) is 0 Å². The van der Waals surface area contributed by atoms with Crippen LogP contribution in [0, 0.1) is 30.3 Å². The Morgan fingerprint density at radius 3 is 1.80 bits per heavy atom. The molecule has 0 aliphatic rings. The molecule has 1 N–H and O–H groups in total. The molecule has 11 nitrogen and oxygen atoms in total. The number of hydrogen-bond acceptors (Lipinski definition) is 9. The molecule has 25 heavy (non-hydrogen) atoms.